The lowest BCUT2D eigenvalue weighted by atomic mass is 10.1. The summed E-state index contributed by atoms with van der Waals surface area (Å²) in [6, 6.07) is 11.0. The molecule has 1 atom stereocenters. The molecule has 0 spiro atoms. The number of amides is 1. The van der Waals surface area contributed by atoms with Gasteiger partial charge in [0.1, 0.15) is 23.4 Å². The van der Waals surface area contributed by atoms with Gasteiger partial charge in [-0.15, -0.1) is 11.3 Å². The van der Waals surface area contributed by atoms with Gasteiger partial charge in [-0.2, -0.15) is 0 Å². The van der Waals surface area contributed by atoms with E-state index >= 15 is 0 Å². The van der Waals surface area contributed by atoms with Crippen LogP contribution < -0.4 is 10.2 Å². The van der Waals surface area contributed by atoms with Crippen molar-refractivity contribution in [3.8, 4) is 27.4 Å². The third-order valence-corrected chi connectivity index (χ3v) is 7.96. The highest BCUT2D eigenvalue weighted by molar-refractivity contribution is 7.19. The largest absolute Gasteiger partial charge is 0.507 e. The Morgan fingerprint density at radius 3 is 2.74 bits per heavy atom. The molecular weight excluding hydrogens is 487 g/mol. The molecule has 2 aliphatic heterocycles. The van der Waals surface area contributed by atoms with E-state index in [1.165, 1.54) is 42.4 Å². The Hall–Kier alpha value is -2.68. The molecule has 1 aromatic carbocycles. The van der Waals surface area contributed by atoms with Gasteiger partial charge in [-0.1, -0.05) is 11.6 Å². The van der Waals surface area contributed by atoms with Crippen molar-refractivity contribution < 1.29 is 14.3 Å². The molecule has 35 heavy (non-hydrogen) atoms. The molecule has 6 nitrogen and oxygen atoms in total. The molecule has 2 N–H and O–H groups in total. The summed E-state index contributed by atoms with van der Waals surface area (Å²) in [6.45, 7) is 4.40. The number of nitrogens with one attached hydrogen (secondary N) is 1. The smallest absolute Gasteiger partial charge is 0.242 e. The summed E-state index contributed by atoms with van der Waals surface area (Å²) in [7, 11) is 0. The van der Waals surface area contributed by atoms with E-state index in [-0.39, 0.29) is 17.7 Å². The van der Waals surface area contributed by atoms with Crippen molar-refractivity contribution in [3.63, 3.8) is 0 Å². The summed E-state index contributed by atoms with van der Waals surface area (Å²) in [5.41, 5.74) is 1.60. The molecule has 0 aliphatic carbocycles. The van der Waals surface area contributed by atoms with E-state index in [0.717, 1.165) is 42.9 Å². The third-order valence-electron chi connectivity index (χ3n) is 6.68. The van der Waals surface area contributed by atoms with Crippen molar-refractivity contribution in [2.24, 2.45) is 0 Å². The maximum absolute atomic E-state index is 14.0. The second-order valence-corrected chi connectivity index (χ2v) is 10.8. The number of halogens is 2. The number of nitrogens with zero attached hydrogens (tertiary/aromatic N) is 3. The summed E-state index contributed by atoms with van der Waals surface area (Å²) in [6.07, 6.45) is 4.07. The number of anilines is 1. The molecule has 0 saturated carbocycles. The standard InChI is InChI=1S/C26H28ClFN4O2S/c27-24-8-7-23(35-24)17-14-20(19-16-18(28)5-6-22(19)33)30-25(15-17)32-12-3-4-21(32)26(34)29-9-13-31-10-1-2-11-31/h5-8,14-16,21,33H,1-4,9-13H2,(H,29,34)/t21-/m0/s1. The zero-order valence-electron chi connectivity index (χ0n) is 19.3. The molecule has 2 fully saturated rings. The van der Waals surface area contributed by atoms with Crippen molar-refractivity contribution in [2.75, 3.05) is 37.6 Å². The lowest BCUT2D eigenvalue weighted by molar-refractivity contribution is -0.122. The predicted molar refractivity (Wildman–Crippen MR) is 139 cm³/mol. The van der Waals surface area contributed by atoms with Gasteiger partial charge in [-0.25, -0.2) is 9.37 Å². The third kappa shape index (κ3) is 5.44. The van der Waals surface area contributed by atoms with Gasteiger partial charge in [0.25, 0.3) is 0 Å². The van der Waals surface area contributed by atoms with E-state index in [0.29, 0.717) is 34.5 Å². The van der Waals surface area contributed by atoms with Crippen LogP contribution in [-0.2, 0) is 4.79 Å². The average molecular weight is 515 g/mol. The van der Waals surface area contributed by atoms with Gasteiger partial charge >= 0.3 is 0 Å². The molecule has 0 radical (unpaired) electrons. The molecule has 184 valence electrons. The first kappa shape index (κ1) is 24.0. The van der Waals surface area contributed by atoms with Crippen LogP contribution in [0, 0.1) is 5.82 Å². The summed E-state index contributed by atoms with van der Waals surface area (Å²) in [4.78, 5) is 23.2. The van der Waals surface area contributed by atoms with Crippen LogP contribution in [0.25, 0.3) is 21.7 Å². The number of aromatic hydroxyl groups is 1. The lowest BCUT2D eigenvalue weighted by Crippen LogP contribution is -2.45. The van der Waals surface area contributed by atoms with E-state index in [9.17, 15) is 14.3 Å². The molecule has 1 amide bonds. The minimum Gasteiger partial charge on any atom is -0.507 e. The first-order valence-corrected chi connectivity index (χ1v) is 13.2. The van der Waals surface area contributed by atoms with E-state index in [1.54, 1.807) is 0 Å². The second kappa shape index (κ2) is 10.5. The number of pyridine rings is 1. The minimum atomic E-state index is -0.456. The van der Waals surface area contributed by atoms with Crippen LogP contribution in [0.2, 0.25) is 4.34 Å². The SMILES string of the molecule is O=C(NCCN1CCCC1)[C@@H]1CCCN1c1cc(-c2ccc(Cl)s2)cc(-c2cc(F)ccc2O)n1. The normalized spacial score (nSPS) is 18.3. The number of carbonyl (C=O) groups excluding carboxylic acids is 1. The van der Waals surface area contributed by atoms with Crippen LogP contribution in [-0.4, -0.2) is 59.7 Å². The molecule has 5 rings (SSSR count). The molecular formula is C26H28ClFN4O2S. The van der Waals surface area contributed by atoms with Crippen molar-refractivity contribution in [1.82, 2.24) is 15.2 Å². The second-order valence-electron chi connectivity index (χ2n) is 9.06. The number of carbonyl (C=O) groups is 1. The quantitative estimate of drug-likeness (QED) is 0.456. The van der Waals surface area contributed by atoms with Crippen LogP contribution in [0.4, 0.5) is 10.2 Å². The Kier molecular flexibility index (Phi) is 7.22. The van der Waals surface area contributed by atoms with Crippen LogP contribution in [0.15, 0.2) is 42.5 Å². The molecule has 0 bridgehead atoms. The Morgan fingerprint density at radius 1 is 1.14 bits per heavy atom. The summed E-state index contributed by atoms with van der Waals surface area (Å²) in [5, 5.41) is 13.5. The van der Waals surface area contributed by atoms with E-state index in [2.05, 4.69) is 10.2 Å². The number of aromatic nitrogens is 1. The highest BCUT2D eigenvalue weighted by Crippen LogP contribution is 2.38. The highest BCUT2D eigenvalue weighted by atomic mass is 35.5. The first-order valence-electron chi connectivity index (χ1n) is 12.0. The summed E-state index contributed by atoms with van der Waals surface area (Å²) >= 11 is 7.62. The Bertz CT molecular complexity index is 1210. The Morgan fingerprint density at radius 2 is 1.97 bits per heavy atom. The van der Waals surface area contributed by atoms with Gasteiger partial charge in [0.15, 0.2) is 0 Å². The highest BCUT2D eigenvalue weighted by Gasteiger charge is 2.32. The number of hydrogen-bond donors (Lipinski definition) is 2. The van der Waals surface area contributed by atoms with E-state index in [4.69, 9.17) is 16.6 Å². The monoisotopic (exact) mass is 514 g/mol. The van der Waals surface area contributed by atoms with Gasteiger partial charge in [0, 0.05) is 30.1 Å². The zero-order chi connectivity index (χ0) is 24.4. The van der Waals surface area contributed by atoms with Crippen LogP contribution in [0.3, 0.4) is 0 Å². The van der Waals surface area contributed by atoms with Crippen molar-refractivity contribution in [2.45, 2.75) is 31.7 Å². The number of benzene rings is 1. The number of likely N-dealkylation sites (tertiary alicyclic amines) is 1. The number of thiophene rings is 1. The van der Waals surface area contributed by atoms with Gasteiger partial charge in [0.2, 0.25) is 5.91 Å². The average Bonchev–Trinajstić information content (AvgIpc) is 3.62. The lowest BCUT2D eigenvalue weighted by Gasteiger charge is -2.26. The maximum Gasteiger partial charge on any atom is 0.242 e. The van der Waals surface area contributed by atoms with Crippen LogP contribution in [0.1, 0.15) is 25.7 Å². The summed E-state index contributed by atoms with van der Waals surface area (Å²) < 4.78 is 14.7. The van der Waals surface area contributed by atoms with E-state index < -0.39 is 5.82 Å². The minimum absolute atomic E-state index is 0.00298. The maximum atomic E-state index is 14.0. The van der Waals surface area contributed by atoms with E-state index in [1.807, 2.05) is 29.2 Å². The molecule has 3 aromatic rings. The van der Waals surface area contributed by atoms with Gasteiger partial charge in [0.05, 0.1) is 10.0 Å². The molecule has 0 unspecified atom stereocenters. The number of phenolic OH excluding ortho intramolecular Hbond substituents is 1. The fraction of sp³-hybridized carbons (Fsp3) is 0.385. The molecule has 2 saturated heterocycles. The molecule has 2 aliphatic rings. The van der Waals surface area contributed by atoms with Gasteiger partial charge in [-0.3, -0.25) is 4.79 Å². The topological polar surface area (TPSA) is 68.7 Å². The van der Waals surface area contributed by atoms with Crippen molar-refractivity contribution >= 4 is 34.7 Å². The Labute approximate surface area is 213 Å². The fourth-order valence-corrected chi connectivity index (χ4v) is 5.93. The first-order chi connectivity index (χ1) is 17.0. The fourth-order valence-electron chi connectivity index (χ4n) is 4.90. The summed E-state index contributed by atoms with van der Waals surface area (Å²) in [5.74, 6) is 0.122. The van der Waals surface area contributed by atoms with Crippen molar-refractivity contribution in [3.05, 3.63) is 52.6 Å². The number of hydrogen-bond acceptors (Lipinski definition) is 6. The molecule has 2 aromatic heterocycles. The van der Waals surface area contributed by atoms with Crippen molar-refractivity contribution in [1.29, 1.82) is 0 Å². The Balaban J connectivity index is 1.44. The van der Waals surface area contributed by atoms with Crippen LogP contribution in [0.5, 0.6) is 5.75 Å². The number of phenols is 1. The predicted octanol–water partition coefficient (Wildman–Crippen LogP) is 5.16. The molecule has 4 heterocycles. The van der Waals surface area contributed by atoms with Gasteiger partial charge in [-0.05, 0) is 86.8 Å². The number of rotatable bonds is 7. The molecule has 9 heteroatoms. The van der Waals surface area contributed by atoms with Gasteiger partial charge < -0.3 is 20.2 Å². The zero-order valence-corrected chi connectivity index (χ0v) is 20.9. The van der Waals surface area contributed by atoms with Crippen LogP contribution >= 0.6 is 22.9 Å².